The Morgan fingerprint density at radius 3 is 2.77 bits per heavy atom. The Morgan fingerprint density at radius 1 is 1.41 bits per heavy atom. The van der Waals surface area contributed by atoms with Crippen molar-refractivity contribution in [1.82, 2.24) is 4.90 Å². The number of amides is 1. The Balaban J connectivity index is 1.79. The molecule has 1 unspecified atom stereocenters. The highest BCUT2D eigenvalue weighted by Crippen LogP contribution is 2.52. The van der Waals surface area contributed by atoms with Crippen molar-refractivity contribution in [2.75, 3.05) is 19.7 Å². The summed E-state index contributed by atoms with van der Waals surface area (Å²) in [4.78, 5) is 27.0. The molecule has 2 bridgehead atoms. The van der Waals surface area contributed by atoms with E-state index in [4.69, 9.17) is 9.47 Å². The number of carbonyl (C=O) groups excluding carboxylic acids is 2. The van der Waals surface area contributed by atoms with Gasteiger partial charge in [0.2, 0.25) is 5.91 Å². The zero-order valence-electron chi connectivity index (χ0n) is 13.7. The minimum absolute atomic E-state index is 0.0343. The van der Waals surface area contributed by atoms with Crippen LogP contribution in [0.15, 0.2) is 12.2 Å². The van der Waals surface area contributed by atoms with Crippen LogP contribution in [0, 0.1) is 23.7 Å². The van der Waals surface area contributed by atoms with E-state index in [1.54, 1.807) is 0 Å². The highest BCUT2D eigenvalue weighted by molar-refractivity contribution is 5.91. The SMILES string of the molecule is CC(C)COC(=O)C1[C@@H]2C=C[C@]3(CN(CC(C)C)C(=O)[C@H]13)O2. The Bertz CT molecular complexity index is 513. The second-order valence-electron chi connectivity index (χ2n) is 7.54. The molecular weight excluding hydrogens is 282 g/mol. The number of fused-ring (bicyclic) bond motifs is 1. The zero-order valence-corrected chi connectivity index (χ0v) is 13.7. The number of esters is 1. The molecule has 0 aromatic carbocycles. The number of likely N-dealkylation sites (tertiary alicyclic amines) is 1. The largest absolute Gasteiger partial charge is 0.465 e. The van der Waals surface area contributed by atoms with E-state index in [9.17, 15) is 9.59 Å². The van der Waals surface area contributed by atoms with Crippen molar-refractivity contribution in [3.05, 3.63) is 12.2 Å². The van der Waals surface area contributed by atoms with E-state index < -0.39 is 17.4 Å². The number of nitrogens with zero attached hydrogens (tertiary/aromatic N) is 1. The van der Waals surface area contributed by atoms with E-state index in [0.29, 0.717) is 25.6 Å². The van der Waals surface area contributed by atoms with Crippen LogP contribution in [0.5, 0.6) is 0 Å². The van der Waals surface area contributed by atoms with E-state index in [1.807, 2.05) is 30.9 Å². The summed E-state index contributed by atoms with van der Waals surface area (Å²) in [6, 6.07) is 0. The molecule has 1 amide bonds. The summed E-state index contributed by atoms with van der Waals surface area (Å²) in [5, 5.41) is 0. The van der Waals surface area contributed by atoms with Crippen molar-refractivity contribution >= 4 is 11.9 Å². The van der Waals surface area contributed by atoms with E-state index in [1.165, 1.54) is 0 Å². The normalized spacial score (nSPS) is 35.8. The Morgan fingerprint density at radius 2 is 2.14 bits per heavy atom. The lowest BCUT2D eigenvalue weighted by Crippen LogP contribution is -2.40. The van der Waals surface area contributed by atoms with Gasteiger partial charge in [-0.15, -0.1) is 0 Å². The summed E-state index contributed by atoms with van der Waals surface area (Å²) >= 11 is 0. The van der Waals surface area contributed by atoms with Crippen LogP contribution in [0.25, 0.3) is 0 Å². The van der Waals surface area contributed by atoms with Crippen LogP contribution in [0.3, 0.4) is 0 Å². The van der Waals surface area contributed by atoms with Crippen molar-refractivity contribution in [2.45, 2.75) is 39.4 Å². The number of carbonyl (C=O) groups is 2. The fraction of sp³-hybridized carbons (Fsp3) is 0.765. The van der Waals surface area contributed by atoms with Gasteiger partial charge in [-0.05, 0) is 11.8 Å². The lowest BCUT2D eigenvalue weighted by Gasteiger charge is -2.23. The molecule has 0 N–H and O–H groups in total. The van der Waals surface area contributed by atoms with Crippen molar-refractivity contribution in [3.63, 3.8) is 0 Å². The molecule has 3 aliphatic heterocycles. The molecule has 1 spiro atoms. The molecule has 2 fully saturated rings. The van der Waals surface area contributed by atoms with Gasteiger partial charge in [-0.3, -0.25) is 9.59 Å². The molecular formula is C17H25NO4. The van der Waals surface area contributed by atoms with Gasteiger partial charge in [0.15, 0.2) is 0 Å². The molecule has 3 aliphatic rings. The fourth-order valence-corrected chi connectivity index (χ4v) is 3.79. The Hall–Kier alpha value is -1.36. The van der Waals surface area contributed by atoms with Crippen LogP contribution in [0.1, 0.15) is 27.7 Å². The van der Waals surface area contributed by atoms with Crippen LogP contribution in [0.2, 0.25) is 0 Å². The third-order valence-electron chi connectivity index (χ3n) is 4.60. The maximum Gasteiger partial charge on any atom is 0.312 e. The average Bonchev–Trinajstić information content (AvgIpc) is 3.04. The minimum atomic E-state index is -0.613. The highest BCUT2D eigenvalue weighted by atomic mass is 16.6. The number of rotatable bonds is 5. The second kappa shape index (κ2) is 5.37. The third kappa shape index (κ3) is 2.35. The minimum Gasteiger partial charge on any atom is -0.465 e. The quantitative estimate of drug-likeness (QED) is 0.572. The molecule has 0 aromatic heterocycles. The first-order valence-electron chi connectivity index (χ1n) is 8.16. The number of hydrogen-bond acceptors (Lipinski definition) is 4. The van der Waals surface area contributed by atoms with Gasteiger partial charge in [-0.1, -0.05) is 39.8 Å². The molecule has 122 valence electrons. The molecule has 0 radical (unpaired) electrons. The van der Waals surface area contributed by atoms with Gasteiger partial charge in [-0.25, -0.2) is 0 Å². The molecule has 0 aliphatic carbocycles. The summed E-state index contributed by atoms with van der Waals surface area (Å²) in [6.07, 6.45) is 3.59. The van der Waals surface area contributed by atoms with Crippen molar-refractivity contribution < 1.29 is 19.1 Å². The summed E-state index contributed by atoms with van der Waals surface area (Å²) in [6.45, 7) is 9.80. The first kappa shape index (κ1) is 15.5. The number of hydrogen-bond donors (Lipinski definition) is 0. The third-order valence-corrected chi connectivity index (χ3v) is 4.60. The lowest BCUT2D eigenvalue weighted by atomic mass is 9.77. The molecule has 2 saturated heterocycles. The van der Waals surface area contributed by atoms with Gasteiger partial charge in [0.25, 0.3) is 0 Å². The average molecular weight is 307 g/mol. The second-order valence-corrected chi connectivity index (χ2v) is 7.54. The van der Waals surface area contributed by atoms with Gasteiger partial charge in [0, 0.05) is 6.54 Å². The fourth-order valence-electron chi connectivity index (χ4n) is 3.79. The Kier molecular flexibility index (Phi) is 3.79. The van der Waals surface area contributed by atoms with Gasteiger partial charge >= 0.3 is 5.97 Å². The topological polar surface area (TPSA) is 55.8 Å². The predicted molar refractivity (Wildman–Crippen MR) is 80.9 cm³/mol. The van der Waals surface area contributed by atoms with Gasteiger partial charge in [0.05, 0.1) is 25.2 Å². The molecule has 0 aromatic rings. The molecule has 5 nitrogen and oxygen atoms in total. The molecule has 3 heterocycles. The van der Waals surface area contributed by atoms with Crippen LogP contribution in [-0.2, 0) is 19.1 Å². The molecule has 4 atom stereocenters. The van der Waals surface area contributed by atoms with Gasteiger partial charge in [0.1, 0.15) is 11.5 Å². The predicted octanol–water partition coefficient (Wildman–Crippen LogP) is 1.62. The van der Waals surface area contributed by atoms with Gasteiger partial charge < -0.3 is 14.4 Å². The van der Waals surface area contributed by atoms with E-state index in [-0.39, 0.29) is 23.9 Å². The van der Waals surface area contributed by atoms with Crippen molar-refractivity contribution in [2.24, 2.45) is 23.7 Å². The first-order chi connectivity index (χ1) is 10.3. The maximum atomic E-state index is 12.8. The van der Waals surface area contributed by atoms with Crippen LogP contribution < -0.4 is 0 Å². The molecule has 3 rings (SSSR count). The zero-order chi connectivity index (χ0) is 16.1. The van der Waals surface area contributed by atoms with Crippen molar-refractivity contribution in [1.29, 1.82) is 0 Å². The molecule has 0 saturated carbocycles. The summed E-state index contributed by atoms with van der Waals surface area (Å²) in [5.41, 5.74) is -0.613. The first-order valence-corrected chi connectivity index (χ1v) is 8.16. The molecule has 22 heavy (non-hydrogen) atoms. The smallest absolute Gasteiger partial charge is 0.312 e. The van der Waals surface area contributed by atoms with Crippen LogP contribution in [0.4, 0.5) is 0 Å². The standard InChI is InChI=1S/C17H25NO4/c1-10(2)7-18-9-17-6-5-12(22-17)13(14(17)15(18)19)16(20)21-8-11(3)4/h5-6,10-14H,7-9H2,1-4H3/t12-,13?,14-,17+/m0/s1. The highest BCUT2D eigenvalue weighted by Gasteiger charge is 2.67. The lowest BCUT2D eigenvalue weighted by molar-refractivity contribution is -0.154. The molecule has 5 heteroatoms. The summed E-state index contributed by atoms with van der Waals surface area (Å²) in [7, 11) is 0. The van der Waals surface area contributed by atoms with Crippen LogP contribution >= 0.6 is 0 Å². The number of ether oxygens (including phenoxy) is 2. The van der Waals surface area contributed by atoms with E-state index in [0.717, 1.165) is 0 Å². The van der Waals surface area contributed by atoms with Crippen LogP contribution in [-0.4, -0.2) is 48.2 Å². The monoisotopic (exact) mass is 307 g/mol. The van der Waals surface area contributed by atoms with Gasteiger partial charge in [-0.2, -0.15) is 0 Å². The maximum absolute atomic E-state index is 12.8. The van der Waals surface area contributed by atoms with Crippen molar-refractivity contribution in [3.8, 4) is 0 Å². The Labute approximate surface area is 131 Å². The summed E-state index contributed by atoms with van der Waals surface area (Å²) < 4.78 is 11.4. The van der Waals surface area contributed by atoms with E-state index >= 15 is 0 Å². The van der Waals surface area contributed by atoms with E-state index in [2.05, 4.69) is 13.8 Å². The summed E-state index contributed by atoms with van der Waals surface area (Å²) in [5.74, 6) is -0.493.